The number of likely N-dealkylation sites (tertiary alicyclic amines) is 1. The number of sulfonamides is 1. The molecular weight excluding hydrogens is 344 g/mol. The maximum absolute atomic E-state index is 13.0. The summed E-state index contributed by atoms with van der Waals surface area (Å²) in [6, 6.07) is 3.50. The molecule has 8 heteroatoms. The van der Waals surface area contributed by atoms with Crippen LogP contribution in [0.4, 0.5) is 0 Å². The number of methoxy groups -OCH3 is 1. The molecular formula is C17H22N2O5S. The number of ether oxygens (including phenoxy) is 1. The van der Waals surface area contributed by atoms with Crippen molar-refractivity contribution in [1.29, 1.82) is 0 Å². The Morgan fingerprint density at radius 1 is 1.24 bits per heavy atom. The molecule has 2 aliphatic heterocycles. The van der Waals surface area contributed by atoms with Crippen LogP contribution in [0.3, 0.4) is 0 Å². The smallest absolute Gasteiger partial charge is 0.267 e. The van der Waals surface area contributed by atoms with Crippen molar-refractivity contribution >= 4 is 21.8 Å². The first-order valence-electron chi connectivity index (χ1n) is 8.37. The van der Waals surface area contributed by atoms with E-state index in [9.17, 15) is 18.0 Å². The maximum atomic E-state index is 13.0. The third-order valence-electron chi connectivity index (χ3n) is 4.79. The van der Waals surface area contributed by atoms with E-state index >= 15 is 0 Å². The molecule has 2 fully saturated rings. The third-order valence-corrected chi connectivity index (χ3v) is 6.61. The van der Waals surface area contributed by atoms with Gasteiger partial charge < -0.3 is 9.64 Å². The Balaban J connectivity index is 1.94. The van der Waals surface area contributed by atoms with Gasteiger partial charge in [0, 0.05) is 19.5 Å². The van der Waals surface area contributed by atoms with E-state index in [1.165, 1.54) is 19.2 Å². The van der Waals surface area contributed by atoms with E-state index in [1.807, 2.05) is 0 Å². The lowest BCUT2D eigenvalue weighted by Gasteiger charge is -2.27. The van der Waals surface area contributed by atoms with Gasteiger partial charge in [0.25, 0.3) is 10.0 Å². The summed E-state index contributed by atoms with van der Waals surface area (Å²) in [5, 5.41) is 0. The van der Waals surface area contributed by atoms with Crippen molar-refractivity contribution in [2.45, 2.75) is 43.5 Å². The zero-order valence-electron chi connectivity index (χ0n) is 14.4. The SMILES string of the molecule is COc1ccc(S(=O)(=O)N2C(=O)CC[C@@H]2C(=O)N2CCCC2)cc1C. The Morgan fingerprint density at radius 3 is 2.52 bits per heavy atom. The highest BCUT2D eigenvalue weighted by Gasteiger charge is 2.45. The molecule has 136 valence electrons. The van der Waals surface area contributed by atoms with Crippen LogP contribution in [0, 0.1) is 6.92 Å². The lowest BCUT2D eigenvalue weighted by Crippen LogP contribution is -2.48. The minimum atomic E-state index is -4.08. The third kappa shape index (κ3) is 3.10. The molecule has 2 heterocycles. The summed E-state index contributed by atoms with van der Waals surface area (Å²) < 4.78 is 32.0. The zero-order valence-corrected chi connectivity index (χ0v) is 15.2. The van der Waals surface area contributed by atoms with Gasteiger partial charge in [-0.25, -0.2) is 12.7 Å². The molecule has 0 radical (unpaired) electrons. The first-order valence-corrected chi connectivity index (χ1v) is 9.81. The molecule has 0 unspecified atom stereocenters. The highest BCUT2D eigenvalue weighted by molar-refractivity contribution is 7.89. The molecule has 2 amide bonds. The number of rotatable bonds is 4. The van der Waals surface area contributed by atoms with Gasteiger partial charge in [-0.05, 0) is 49.9 Å². The summed E-state index contributed by atoms with van der Waals surface area (Å²) in [6.45, 7) is 2.98. The summed E-state index contributed by atoms with van der Waals surface area (Å²) in [7, 11) is -2.57. The molecule has 0 saturated carbocycles. The Labute approximate surface area is 147 Å². The minimum absolute atomic E-state index is 0.000252. The van der Waals surface area contributed by atoms with Gasteiger partial charge in [-0.15, -0.1) is 0 Å². The van der Waals surface area contributed by atoms with E-state index in [2.05, 4.69) is 0 Å². The molecule has 1 aromatic rings. The zero-order chi connectivity index (χ0) is 18.2. The largest absolute Gasteiger partial charge is 0.496 e. The fourth-order valence-electron chi connectivity index (χ4n) is 3.46. The van der Waals surface area contributed by atoms with Crippen molar-refractivity contribution < 1.29 is 22.7 Å². The number of carbonyl (C=O) groups is 2. The molecule has 0 aliphatic carbocycles. The minimum Gasteiger partial charge on any atom is -0.496 e. The van der Waals surface area contributed by atoms with E-state index in [-0.39, 0.29) is 23.6 Å². The number of amides is 2. The van der Waals surface area contributed by atoms with E-state index in [0.29, 0.717) is 24.4 Å². The number of aryl methyl sites for hydroxylation is 1. The van der Waals surface area contributed by atoms with Crippen LogP contribution < -0.4 is 4.74 Å². The summed E-state index contributed by atoms with van der Waals surface area (Å²) >= 11 is 0. The quantitative estimate of drug-likeness (QED) is 0.802. The highest BCUT2D eigenvalue weighted by atomic mass is 32.2. The topological polar surface area (TPSA) is 84.0 Å². The van der Waals surface area contributed by atoms with Crippen LogP contribution in [0.1, 0.15) is 31.2 Å². The first-order chi connectivity index (χ1) is 11.9. The molecule has 1 atom stereocenters. The Kier molecular flexibility index (Phi) is 4.73. The van der Waals surface area contributed by atoms with Crippen LogP contribution in [0.2, 0.25) is 0 Å². The number of benzene rings is 1. The van der Waals surface area contributed by atoms with Crippen LogP contribution in [0.25, 0.3) is 0 Å². The molecule has 2 saturated heterocycles. The maximum Gasteiger partial charge on any atom is 0.267 e. The van der Waals surface area contributed by atoms with Gasteiger partial charge in [-0.2, -0.15) is 0 Å². The van der Waals surface area contributed by atoms with Crippen molar-refractivity contribution in [2.75, 3.05) is 20.2 Å². The van der Waals surface area contributed by atoms with E-state index in [4.69, 9.17) is 4.74 Å². The van der Waals surface area contributed by atoms with E-state index < -0.39 is 22.0 Å². The predicted molar refractivity (Wildman–Crippen MR) is 90.6 cm³/mol. The summed E-state index contributed by atoms with van der Waals surface area (Å²) in [4.78, 5) is 26.6. The lowest BCUT2D eigenvalue weighted by atomic mass is 10.2. The van der Waals surface area contributed by atoms with Crippen molar-refractivity contribution in [1.82, 2.24) is 9.21 Å². The standard InChI is InChI=1S/C17H22N2O5S/c1-12-11-13(5-7-15(12)24-2)25(22,23)19-14(6-8-16(19)20)17(21)18-9-3-4-10-18/h5,7,11,14H,3-4,6,8-10H2,1-2H3/t14-/m1/s1. The van der Waals surface area contributed by atoms with Crippen LogP contribution in [0.15, 0.2) is 23.1 Å². The Bertz CT molecular complexity index is 799. The van der Waals surface area contributed by atoms with E-state index in [0.717, 1.165) is 17.1 Å². The predicted octanol–water partition coefficient (Wildman–Crippen LogP) is 1.31. The van der Waals surface area contributed by atoms with Gasteiger partial charge >= 0.3 is 0 Å². The second-order valence-electron chi connectivity index (χ2n) is 6.41. The van der Waals surface area contributed by atoms with Crippen molar-refractivity contribution in [3.8, 4) is 5.75 Å². The van der Waals surface area contributed by atoms with Crippen LogP contribution in [-0.2, 0) is 19.6 Å². The molecule has 7 nitrogen and oxygen atoms in total. The number of carbonyl (C=O) groups excluding carboxylic acids is 2. The monoisotopic (exact) mass is 366 g/mol. The average molecular weight is 366 g/mol. The summed E-state index contributed by atoms with van der Waals surface area (Å²) in [5.74, 6) is -0.223. The van der Waals surface area contributed by atoms with Crippen molar-refractivity contribution in [3.63, 3.8) is 0 Å². The molecule has 0 spiro atoms. The molecule has 3 rings (SSSR count). The van der Waals surface area contributed by atoms with Gasteiger partial charge in [0.05, 0.1) is 12.0 Å². The second-order valence-corrected chi connectivity index (χ2v) is 8.23. The molecule has 25 heavy (non-hydrogen) atoms. The van der Waals surface area contributed by atoms with Crippen LogP contribution in [0.5, 0.6) is 5.75 Å². The normalized spacial score (nSPS) is 21.0. The van der Waals surface area contributed by atoms with Gasteiger partial charge in [0.2, 0.25) is 11.8 Å². The van der Waals surface area contributed by atoms with Crippen molar-refractivity contribution in [2.24, 2.45) is 0 Å². The Hall–Kier alpha value is -2.09. The van der Waals surface area contributed by atoms with Gasteiger partial charge in [-0.1, -0.05) is 0 Å². The lowest BCUT2D eigenvalue weighted by molar-refractivity contribution is -0.136. The molecule has 2 aliphatic rings. The average Bonchev–Trinajstić information content (AvgIpc) is 3.23. The molecule has 1 aromatic carbocycles. The van der Waals surface area contributed by atoms with Gasteiger partial charge in [-0.3, -0.25) is 9.59 Å². The first kappa shape index (κ1) is 17.7. The van der Waals surface area contributed by atoms with Gasteiger partial charge in [0.15, 0.2) is 0 Å². The van der Waals surface area contributed by atoms with Gasteiger partial charge in [0.1, 0.15) is 11.8 Å². The fourth-order valence-corrected chi connectivity index (χ4v) is 5.14. The number of nitrogens with zero attached hydrogens (tertiary/aromatic N) is 2. The fraction of sp³-hybridized carbons (Fsp3) is 0.529. The second kappa shape index (κ2) is 6.67. The number of hydrogen-bond acceptors (Lipinski definition) is 5. The Morgan fingerprint density at radius 2 is 1.92 bits per heavy atom. The van der Waals surface area contributed by atoms with Crippen LogP contribution >= 0.6 is 0 Å². The van der Waals surface area contributed by atoms with E-state index in [1.54, 1.807) is 17.9 Å². The van der Waals surface area contributed by atoms with Crippen LogP contribution in [-0.4, -0.2) is 55.7 Å². The molecule has 0 bridgehead atoms. The number of hydrogen-bond donors (Lipinski definition) is 0. The molecule has 0 N–H and O–H groups in total. The highest BCUT2D eigenvalue weighted by Crippen LogP contribution is 2.31. The summed E-state index contributed by atoms with van der Waals surface area (Å²) in [5.41, 5.74) is 0.651. The molecule has 0 aromatic heterocycles. The summed E-state index contributed by atoms with van der Waals surface area (Å²) in [6.07, 6.45) is 2.13. The van der Waals surface area contributed by atoms with Crippen molar-refractivity contribution in [3.05, 3.63) is 23.8 Å².